The van der Waals surface area contributed by atoms with Gasteiger partial charge in [-0.1, -0.05) is 57.2 Å². The van der Waals surface area contributed by atoms with Crippen LogP contribution < -0.4 is 34.3 Å². The van der Waals surface area contributed by atoms with Crippen molar-refractivity contribution in [3.05, 3.63) is 36.4 Å². The van der Waals surface area contributed by atoms with Crippen LogP contribution in [0.4, 0.5) is 0 Å². The van der Waals surface area contributed by atoms with Crippen molar-refractivity contribution >= 4 is 16.1 Å². The summed E-state index contributed by atoms with van der Waals surface area (Å²) in [6.07, 6.45) is 10.8. The predicted molar refractivity (Wildman–Crippen MR) is 87.2 cm³/mol. The van der Waals surface area contributed by atoms with Gasteiger partial charge in [0, 0.05) is 6.08 Å². The third kappa shape index (κ3) is 9.59. The molecular formula is C17H23NaO5S. The molecule has 128 valence electrons. The average Bonchev–Trinajstić information content (AvgIpc) is 2.49. The third-order valence-corrected chi connectivity index (χ3v) is 4.18. The molecule has 1 aromatic carbocycles. The summed E-state index contributed by atoms with van der Waals surface area (Å²) in [5.74, 6) is -0.927. The molecule has 5 nitrogen and oxygen atoms in total. The molecule has 0 spiro atoms. The second-order valence-corrected chi connectivity index (χ2v) is 6.63. The van der Waals surface area contributed by atoms with Crippen LogP contribution in [0.5, 0.6) is 5.75 Å². The Balaban J connectivity index is 0.00000529. The van der Waals surface area contributed by atoms with Crippen molar-refractivity contribution in [2.75, 3.05) is 0 Å². The van der Waals surface area contributed by atoms with Crippen LogP contribution in [-0.4, -0.2) is 18.9 Å². The Kier molecular flexibility index (Phi) is 12.3. The Bertz CT molecular complexity index is 626. The van der Waals surface area contributed by atoms with E-state index in [0.717, 1.165) is 25.3 Å². The van der Waals surface area contributed by atoms with Gasteiger partial charge in [-0.15, -0.1) is 0 Å². The summed E-state index contributed by atoms with van der Waals surface area (Å²) >= 11 is 0. The van der Waals surface area contributed by atoms with Gasteiger partial charge in [0.1, 0.15) is 15.9 Å². The first-order valence-corrected chi connectivity index (χ1v) is 9.29. The third-order valence-electron chi connectivity index (χ3n) is 3.31. The summed E-state index contributed by atoms with van der Waals surface area (Å²) in [4.78, 5) is 11.1. The Morgan fingerprint density at radius 1 is 1.12 bits per heavy atom. The molecule has 24 heavy (non-hydrogen) atoms. The molecule has 1 aromatic rings. The maximum atomic E-state index is 11.7. The molecule has 1 rings (SSSR count). The molecule has 0 radical (unpaired) electrons. The van der Waals surface area contributed by atoms with Gasteiger partial charge in [0.25, 0.3) is 0 Å². The zero-order valence-corrected chi connectivity index (χ0v) is 17.2. The number of para-hydroxylation sites is 1. The number of hydrogen-bond donors (Lipinski definition) is 0. The van der Waals surface area contributed by atoms with E-state index in [1.165, 1.54) is 50.0 Å². The quantitative estimate of drug-likeness (QED) is 0.154. The maximum Gasteiger partial charge on any atom is 1.00 e. The van der Waals surface area contributed by atoms with E-state index in [4.69, 9.17) is 4.74 Å². The minimum Gasteiger partial charge on any atom is -0.744 e. The Hall–Kier alpha value is -0.660. The molecular weight excluding hydrogens is 339 g/mol. The number of esters is 1. The largest absolute Gasteiger partial charge is 1.00 e. The van der Waals surface area contributed by atoms with Gasteiger partial charge in [0.05, 0.1) is 4.90 Å². The SMILES string of the molecule is CCCCCCCCC=CC(=O)Oc1ccccc1S(=O)(=O)[O-].[Na+]. The number of allylic oxidation sites excluding steroid dienone is 1. The smallest absolute Gasteiger partial charge is 0.744 e. The Morgan fingerprint density at radius 3 is 2.42 bits per heavy atom. The van der Waals surface area contributed by atoms with Crippen molar-refractivity contribution in [2.45, 2.75) is 56.8 Å². The fourth-order valence-electron chi connectivity index (χ4n) is 2.11. The van der Waals surface area contributed by atoms with Crippen LogP contribution in [0.3, 0.4) is 0 Å². The zero-order valence-electron chi connectivity index (χ0n) is 14.4. The van der Waals surface area contributed by atoms with E-state index in [1.54, 1.807) is 6.08 Å². The molecule has 0 aliphatic carbocycles. The summed E-state index contributed by atoms with van der Waals surface area (Å²) < 4.78 is 38.2. The van der Waals surface area contributed by atoms with Gasteiger partial charge in [0.15, 0.2) is 0 Å². The first kappa shape index (κ1) is 23.3. The van der Waals surface area contributed by atoms with Crippen molar-refractivity contribution in [1.29, 1.82) is 0 Å². The summed E-state index contributed by atoms with van der Waals surface area (Å²) in [6, 6.07) is 5.29. The molecule has 0 saturated heterocycles. The number of ether oxygens (including phenoxy) is 1. The van der Waals surface area contributed by atoms with E-state index >= 15 is 0 Å². The van der Waals surface area contributed by atoms with Gasteiger partial charge in [-0.05, 0) is 25.0 Å². The number of benzene rings is 1. The predicted octanol–water partition coefficient (Wildman–Crippen LogP) is 0.807. The molecule has 7 heteroatoms. The fraction of sp³-hybridized carbons (Fsp3) is 0.471. The maximum absolute atomic E-state index is 11.7. The summed E-state index contributed by atoms with van der Waals surface area (Å²) in [5, 5.41) is 0. The molecule has 0 aromatic heterocycles. The molecule has 0 N–H and O–H groups in total. The molecule has 0 aliphatic heterocycles. The van der Waals surface area contributed by atoms with E-state index in [0.29, 0.717) is 0 Å². The second-order valence-electron chi connectivity index (χ2n) is 5.28. The molecule has 0 unspecified atom stereocenters. The van der Waals surface area contributed by atoms with Gasteiger partial charge < -0.3 is 9.29 Å². The van der Waals surface area contributed by atoms with Crippen molar-refractivity contribution in [3.63, 3.8) is 0 Å². The molecule has 0 atom stereocenters. The van der Waals surface area contributed by atoms with E-state index in [-0.39, 0.29) is 35.3 Å². The number of hydrogen-bond acceptors (Lipinski definition) is 5. The standard InChI is InChI=1S/C17H24O5S.Na/c1-2-3-4-5-6-7-8-9-14-17(18)22-15-12-10-11-13-16(15)23(19,20)21;/h9-14H,2-8H2,1H3,(H,19,20,21);/q;+1/p-1. The van der Waals surface area contributed by atoms with Crippen LogP contribution >= 0.6 is 0 Å². The molecule has 0 heterocycles. The normalized spacial score (nSPS) is 11.2. The fourth-order valence-corrected chi connectivity index (χ4v) is 2.71. The zero-order chi connectivity index (χ0) is 17.1. The van der Waals surface area contributed by atoms with Crippen LogP contribution in [0.15, 0.2) is 41.3 Å². The van der Waals surface area contributed by atoms with E-state index in [1.807, 2.05) is 0 Å². The monoisotopic (exact) mass is 362 g/mol. The minimum atomic E-state index is -4.67. The van der Waals surface area contributed by atoms with Crippen LogP contribution in [0.2, 0.25) is 0 Å². The van der Waals surface area contributed by atoms with Crippen molar-refractivity contribution in [1.82, 2.24) is 0 Å². The van der Waals surface area contributed by atoms with Crippen LogP contribution in [0.25, 0.3) is 0 Å². The van der Waals surface area contributed by atoms with Crippen molar-refractivity contribution < 1.29 is 52.1 Å². The van der Waals surface area contributed by atoms with Crippen molar-refractivity contribution in [3.8, 4) is 5.75 Å². The molecule has 0 fully saturated rings. The summed E-state index contributed by atoms with van der Waals surface area (Å²) in [7, 11) is -4.67. The van der Waals surface area contributed by atoms with Gasteiger partial charge in [-0.2, -0.15) is 0 Å². The second kappa shape index (κ2) is 12.7. The summed E-state index contributed by atoms with van der Waals surface area (Å²) in [6.45, 7) is 2.17. The average molecular weight is 362 g/mol. The number of carbonyl (C=O) groups is 1. The first-order valence-electron chi connectivity index (χ1n) is 7.88. The Morgan fingerprint density at radius 2 is 1.75 bits per heavy atom. The number of rotatable bonds is 10. The molecule has 0 amide bonds. The first-order chi connectivity index (χ1) is 10.9. The summed E-state index contributed by atoms with van der Waals surface area (Å²) in [5.41, 5.74) is 0. The van der Waals surface area contributed by atoms with Crippen LogP contribution in [0.1, 0.15) is 51.9 Å². The molecule has 0 aliphatic rings. The van der Waals surface area contributed by atoms with Gasteiger partial charge in [-0.25, -0.2) is 13.2 Å². The van der Waals surface area contributed by atoms with Crippen LogP contribution in [-0.2, 0) is 14.9 Å². The van der Waals surface area contributed by atoms with E-state index in [2.05, 4.69) is 6.92 Å². The number of carbonyl (C=O) groups excluding carboxylic acids is 1. The minimum absolute atomic E-state index is 0. The topological polar surface area (TPSA) is 83.5 Å². The van der Waals surface area contributed by atoms with Gasteiger partial charge in [0.2, 0.25) is 0 Å². The van der Waals surface area contributed by atoms with E-state index < -0.39 is 21.0 Å². The van der Waals surface area contributed by atoms with E-state index in [9.17, 15) is 17.8 Å². The van der Waals surface area contributed by atoms with Crippen LogP contribution in [0, 0.1) is 0 Å². The molecule has 0 saturated carbocycles. The van der Waals surface area contributed by atoms with Gasteiger partial charge in [-0.3, -0.25) is 0 Å². The Labute approximate surface area is 166 Å². The molecule has 0 bridgehead atoms. The number of unbranched alkanes of at least 4 members (excludes halogenated alkanes) is 6. The van der Waals surface area contributed by atoms with Gasteiger partial charge >= 0.3 is 35.5 Å². The van der Waals surface area contributed by atoms with Crippen molar-refractivity contribution in [2.24, 2.45) is 0 Å².